The van der Waals surface area contributed by atoms with Crippen LogP contribution in [0, 0.1) is 0 Å². The smallest absolute Gasteiger partial charge is 0.264 e. The Morgan fingerprint density at radius 3 is 2.77 bits per heavy atom. The molecule has 0 radical (unpaired) electrons. The molecule has 138 valence electrons. The first-order valence-corrected chi connectivity index (χ1v) is 9.80. The number of hydrogen-bond donors (Lipinski definition) is 0. The van der Waals surface area contributed by atoms with E-state index in [1.165, 1.54) is 11.3 Å². The number of ether oxygens (including phenoxy) is 1. The Labute approximate surface area is 162 Å². The van der Waals surface area contributed by atoms with Gasteiger partial charge in [-0.05, 0) is 48.6 Å². The van der Waals surface area contributed by atoms with Gasteiger partial charge >= 0.3 is 0 Å². The van der Waals surface area contributed by atoms with Crippen LogP contribution >= 0.6 is 22.9 Å². The molecule has 26 heavy (non-hydrogen) atoms. The minimum Gasteiger partial charge on any atom is -0.492 e. The van der Waals surface area contributed by atoms with Crippen molar-refractivity contribution in [2.24, 2.45) is 0 Å². The van der Waals surface area contributed by atoms with Crippen LogP contribution in [0.3, 0.4) is 0 Å². The number of amides is 2. The van der Waals surface area contributed by atoms with Gasteiger partial charge in [0.2, 0.25) is 5.91 Å². The molecule has 7 heteroatoms. The van der Waals surface area contributed by atoms with Gasteiger partial charge in [0, 0.05) is 18.6 Å². The second-order valence-corrected chi connectivity index (χ2v) is 7.58. The van der Waals surface area contributed by atoms with Crippen molar-refractivity contribution in [3.63, 3.8) is 0 Å². The average molecular weight is 393 g/mol. The van der Waals surface area contributed by atoms with E-state index in [4.69, 9.17) is 16.3 Å². The summed E-state index contributed by atoms with van der Waals surface area (Å²) in [5.74, 6) is 0.624. The number of rotatable bonds is 6. The molecule has 0 bridgehead atoms. The van der Waals surface area contributed by atoms with Gasteiger partial charge in [-0.3, -0.25) is 9.59 Å². The molecule has 5 nitrogen and oxygen atoms in total. The number of carbonyl (C=O) groups is 2. The highest BCUT2D eigenvalue weighted by Crippen LogP contribution is 2.23. The maximum atomic E-state index is 12.8. The summed E-state index contributed by atoms with van der Waals surface area (Å²) in [6.07, 6.45) is 1.56. The zero-order valence-electron chi connectivity index (χ0n) is 14.6. The van der Waals surface area contributed by atoms with Crippen molar-refractivity contribution in [1.82, 2.24) is 9.80 Å². The van der Waals surface area contributed by atoms with Crippen LogP contribution in [0.1, 0.15) is 22.5 Å². The topological polar surface area (TPSA) is 49.9 Å². The molecule has 1 aromatic carbocycles. The second kappa shape index (κ2) is 8.56. The van der Waals surface area contributed by atoms with E-state index in [0.717, 1.165) is 6.42 Å². The first kappa shape index (κ1) is 18.7. The highest BCUT2D eigenvalue weighted by atomic mass is 35.5. The fourth-order valence-electron chi connectivity index (χ4n) is 3.00. The van der Waals surface area contributed by atoms with Crippen molar-refractivity contribution < 1.29 is 14.3 Å². The minimum atomic E-state index is -0.384. The molecule has 1 atom stereocenters. The third kappa shape index (κ3) is 4.37. The molecular weight excluding hydrogens is 372 g/mol. The summed E-state index contributed by atoms with van der Waals surface area (Å²) < 4.78 is 5.65. The van der Waals surface area contributed by atoms with Gasteiger partial charge in [-0.1, -0.05) is 17.7 Å². The Morgan fingerprint density at radius 1 is 1.31 bits per heavy atom. The third-order valence-corrected chi connectivity index (χ3v) is 5.53. The maximum absolute atomic E-state index is 12.8. The molecule has 0 spiro atoms. The van der Waals surface area contributed by atoms with Gasteiger partial charge in [0.15, 0.2) is 0 Å². The lowest BCUT2D eigenvalue weighted by Gasteiger charge is -2.27. The summed E-state index contributed by atoms with van der Waals surface area (Å²) in [4.78, 5) is 29.4. The highest BCUT2D eigenvalue weighted by molar-refractivity contribution is 7.12. The lowest BCUT2D eigenvalue weighted by atomic mass is 10.2. The molecule has 0 N–H and O–H groups in total. The van der Waals surface area contributed by atoms with Crippen molar-refractivity contribution in [3.8, 4) is 5.75 Å². The molecule has 1 fully saturated rings. The van der Waals surface area contributed by atoms with E-state index in [9.17, 15) is 9.59 Å². The standard InChI is InChI=1S/C19H21ClN2O3S/c1-21(11-12-25-15-8-6-14(20)7-9-15)18(23)16-4-2-10-22(16)19(24)17-5-3-13-26-17/h3,5-9,13,16H,2,4,10-12H2,1H3. The molecule has 2 heterocycles. The van der Waals surface area contributed by atoms with Crippen LogP contribution in [0.5, 0.6) is 5.75 Å². The van der Waals surface area contributed by atoms with E-state index >= 15 is 0 Å². The molecule has 1 saturated heterocycles. The van der Waals surface area contributed by atoms with Crippen molar-refractivity contribution in [1.29, 1.82) is 0 Å². The zero-order valence-corrected chi connectivity index (χ0v) is 16.1. The fraction of sp³-hybridized carbons (Fsp3) is 0.368. The van der Waals surface area contributed by atoms with Crippen LogP contribution in [0.4, 0.5) is 0 Å². The van der Waals surface area contributed by atoms with E-state index in [0.29, 0.717) is 41.8 Å². The predicted octanol–water partition coefficient (Wildman–Crippen LogP) is 3.54. The quantitative estimate of drug-likeness (QED) is 0.755. The van der Waals surface area contributed by atoms with Crippen molar-refractivity contribution >= 4 is 34.8 Å². The van der Waals surface area contributed by atoms with Crippen LogP contribution in [0.2, 0.25) is 5.02 Å². The van der Waals surface area contributed by atoms with E-state index in [1.807, 2.05) is 11.4 Å². The summed E-state index contributed by atoms with van der Waals surface area (Å²) in [6.45, 7) is 1.47. The number of benzene rings is 1. The molecule has 1 aromatic heterocycles. The van der Waals surface area contributed by atoms with E-state index in [2.05, 4.69) is 0 Å². The lowest BCUT2D eigenvalue weighted by molar-refractivity contribution is -0.134. The van der Waals surface area contributed by atoms with Crippen LogP contribution in [-0.2, 0) is 4.79 Å². The summed E-state index contributed by atoms with van der Waals surface area (Å²) in [5, 5.41) is 2.53. The SMILES string of the molecule is CN(CCOc1ccc(Cl)cc1)C(=O)C1CCCN1C(=O)c1cccs1. The van der Waals surface area contributed by atoms with Crippen molar-refractivity contribution in [3.05, 3.63) is 51.7 Å². The average Bonchev–Trinajstić information content (AvgIpc) is 3.34. The third-order valence-electron chi connectivity index (χ3n) is 4.42. The van der Waals surface area contributed by atoms with Gasteiger partial charge in [0.1, 0.15) is 18.4 Å². The number of thiophene rings is 1. The van der Waals surface area contributed by atoms with Crippen LogP contribution < -0.4 is 4.74 Å². The molecule has 0 saturated carbocycles. The second-order valence-electron chi connectivity index (χ2n) is 6.20. The minimum absolute atomic E-state index is 0.0351. The van der Waals surface area contributed by atoms with Gasteiger partial charge in [0.05, 0.1) is 11.4 Å². The Kier molecular flexibility index (Phi) is 6.16. The van der Waals surface area contributed by atoms with Gasteiger partial charge in [-0.2, -0.15) is 0 Å². The number of nitrogens with zero attached hydrogens (tertiary/aromatic N) is 2. The number of likely N-dealkylation sites (N-methyl/N-ethyl adjacent to an activating group) is 1. The van der Waals surface area contributed by atoms with Gasteiger partial charge in [0.25, 0.3) is 5.91 Å². The van der Waals surface area contributed by atoms with E-state index < -0.39 is 0 Å². The molecule has 0 aliphatic carbocycles. The lowest BCUT2D eigenvalue weighted by Crippen LogP contribution is -2.47. The summed E-state index contributed by atoms with van der Waals surface area (Å²) >= 11 is 7.25. The van der Waals surface area contributed by atoms with Crippen LogP contribution in [0.15, 0.2) is 41.8 Å². The number of halogens is 1. The van der Waals surface area contributed by atoms with Crippen molar-refractivity contribution in [2.75, 3.05) is 26.7 Å². The summed E-state index contributed by atoms with van der Waals surface area (Å²) in [7, 11) is 1.75. The summed E-state index contributed by atoms with van der Waals surface area (Å²) in [6, 6.07) is 10.4. The normalized spacial score (nSPS) is 16.5. The molecule has 1 aliphatic heterocycles. The zero-order chi connectivity index (χ0) is 18.5. The predicted molar refractivity (Wildman–Crippen MR) is 103 cm³/mol. The number of carbonyl (C=O) groups excluding carboxylic acids is 2. The first-order valence-electron chi connectivity index (χ1n) is 8.54. The number of likely N-dealkylation sites (tertiary alicyclic amines) is 1. The first-order chi connectivity index (χ1) is 12.6. The summed E-state index contributed by atoms with van der Waals surface area (Å²) in [5.41, 5.74) is 0. The van der Waals surface area contributed by atoms with Crippen LogP contribution in [0.25, 0.3) is 0 Å². The molecule has 2 aromatic rings. The Hall–Kier alpha value is -2.05. The largest absolute Gasteiger partial charge is 0.492 e. The van der Waals surface area contributed by atoms with E-state index in [-0.39, 0.29) is 17.9 Å². The maximum Gasteiger partial charge on any atom is 0.264 e. The van der Waals surface area contributed by atoms with Crippen molar-refractivity contribution in [2.45, 2.75) is 18.9 Å². The van der Waals surface area contributed by atoms with Gasteiger partial charge in [-0.15, -0.1) is 11.3 Å². The van der Waals surface area contributed by atoms with Crippen LogP contribution in [-0.4, -0.2) is 54.4 Å². The fourth-order valence-corrected chi connectivity index (χ4v) is 3.81. The highest BCUT2D eigenvalue weighted by Gasteiger charge is 2.36. The monoisotopic (exact) mass is 392 g/mol. The van der Waals surface area contributed by atoms with Gasteiger partial charge in [-0.25, -0.2) is 0 Å². The molecule has 2 amide bonds. The Bertz CT molecular complexity index is 749. The number of hydrogen-bond acceptors (Lipinski definition) is 4. The molecular formula is C19H21ClN2O3S. The molecule has 1 unspecified atom stereocenters. The van der Waals surface area contributed by atoms with E-state index in [1.54, 1.807) is 47.2 Å². The van der Waals surface area contributed by atoms with Gasteiger partial charge < -0.3 is 14.5 Å². The Balaban J connectivity index is 1.53. The molecule has 3 rings (SSSR count). The molecule has 1 aliphatic rings. The Morgan fingerprint density at radius 2 is 2.08 bits per heavy atom.